The number of halogens is 1. The molecule has 0 amide bonds. The van der Waals surface area contributed by atoms with Crippen LogP contribution in [0.5, 0.6) is 0 Å². The summed E-state index contributed by atoms with van der Waals surface area (Å²) in [6.07, 6.45) is -4.27. The van der Waals surface area contributed by atoms with Crippen molar-refractivity contribution in [3.05, 3.63) is 35.3 Å². The van der Waals surface area contributed by atoms with Crippen LogP contribution in [0.1, 0.15) is 18.9 Å². The summed E-state index contributed by atoms with van der Waals surface area (Å²) in [4.78, 5) is 53.3. The Kier molecular flexibility index (Phi) is 7.75. The Hall–Kier alpha value is -2.26. The van der Waals surface area contributed by atoms with Gasteiger partial charge in [-0.25, -0.2) is 0 Å². The molecule has 0 radical (unpaired) electrons. The number of ether oxygens (including phenoxy) is 2. The van der Waals surface area contributed by atoms with Crippen molar-refractivity contribution in [2.75, 3.05) is 24.7 Å². The van der Waals surface area contributed by atoms with Crippen LogP contribution in [0.4, 0.5) is 16.2 Å². The summed E-state index contributed by atoms with van der Waals surface area (Å²) in [5.41, 5.74) is 11.5. The van der Waals surface area contributed by atoms with E-state index >= 15 is 4.39 Å². The fraction of sp³-hybridized carbons (Fsp3) is 0.476. The molecule has 3 saturated heterocycles. The standard InChI is InChI=1S/C21H28FN9O9P2S2/c22-12-14-11(38-20(12)30-2-1-9-15(23)25-6-26-16(9)30)5-36-41(33,43)39-10-3-8(4-35-42(34,44)40-14)37-19(10)31-7-27-13-17(31)28-21(24)29-18(13)32/h1-2,6-8,10-12,14,19-20,33-34,41-44H,3-5H2,(H2,23,25,26)(H3,24,28,29,32)/t8-,10+,11+,12-,14+,19+,20+/m0/s1. The number of aromatic nitrogens is 7. The van der Waals surface area contributed by atoms with Crippen molar-refractivity contribution in [1.29, 1.82) is 0 Å². The number of H-pyrrole nitrogens is 1. The summed E-state index contributed by atoms with van der Waals surface area (Å²) in [5.74, 6) is 0.0517. The normalized spacial score (nSPS) is 33.7. The molecule has 18 nitrogen and oxygen atoms in total. The zero-order chi connectivity index (χ0) is 31.0. The fourth-order valence-corrected chi connectivity index (χ4v) is 8.91. The second kappa shape index (κ2) is 11.2. The van der Waals surface area contributed by atoms with E-state index in [0.29, 0.717) is 11.0 Å². The molecule has 7 rings (SSSR count). The van der Waals surface area contributed by atoms with E-state index in [1.54, 1.807) is 6.07 Å². The Morgan fingerprint density at radius 2 is 1.77 bits per heavy atom. The molecule has 3 aliphatic rings. The molecule has 0 saturated carbocycles. The van der Waals surface area contributed by atoms with Crippen molar-refractivity contribution in [1.82, 2.24) is 34.1 Å². The number of rotatable bonds is 2. The van der Waals surface area contributed by atoms with Crippen molar-refractivity contribution < 1.29 is 41.7 Å². The Labute approximate surface area is 257 Å². The van der Waals surface area contributed by atoms with E-state index in [9.17, 15) is 14.6 Å². The predicted octanol–water partition coefficient (Wildman–Crippen LogP) is 0.733. The number of aromatic amines is 1. The summed E-state index contributed by atoms with van der Waals surface area (Å²) in [6, 6.07) is 1.61. The first-order chi connectivity index (χ1) is 20.9. The van der Waals surface area contributed by atoms with Gasteiger partial charge in [0.25, 0.3) is 0 Å². The number of nitrogens with two attached hydrogens (primary N) is 2. The number of hydrogen-bond donors (Lipinski definition) is 7. The molecule has 2 bridgehead atoms. The van der Waals surface area contributed by atoms with Gasteiger partial charge < -0.3 is 0 Å². The van der Waals surface area contributed by atoms with Crippen molar-refractivity contribution in [2.45, 2.75) is 49.5 Å². The number of nitrogen functional groups attached to an aromatic ring is 2. The van der Waals surface area contributed by atoms with Gasteiger partial charge in [-0.1, -0.05) is 0 Å². The molecule has 3 fully saturated rings. The van der Waals surface area contributed by atoms with Crippen LogP contribution in [0.3, 0.4) is 0 Å². The minimum atomic E-state index is -4.33. The van der Waals surface area contributed by atoms with E-state index in [4.69, 9.17) is 39.0 Å². The molecule has 0 aromatic carbocycles. The van der Waals surface area contributed by atoms with E-state index in [0.717, 1.165) is 0 Å². The molecule has 3 aliphatic heterocycles. The monoisotopic (exact) mass is 695 g/mol. The first-order valence-corrected chi connectivity index (χ1v) is 19.3. The molecule has 7 N–H and O–H groups in total. The van der Waals surface area contributed by atoms with Crippen molar-refractivity contribution in [3.63, 3.8) is 0 Å². The molecule has 4 aromatic heterocycles. The Morgan fingerprint density at radius 3 is 2.59 bits per heavy atom. The molecule has 0 spiro atoms. The van der Waals surface area contributed by atoms with Gasteiger partial charge in [-0.15, -0.1) is 0 Å². The van der Waals surface area contributed by atoms with Gasteiger partial charge in [0.1, 0.15) is 0 Å². The Morgan fingerprint density at radius 1 is 1.00 bits per heavy atom. The minimum absolute atomic E-state index is 0.000185. The van der Waals surface area contributed by atoms with Crippen LogP contribution < -0.4 is 17.0 Å². The molecular formula is C21H28FN9O9P2S2. The van der Waals surface area contributed by atoms with Gasteiger partial charge in [0.2, 0.25) is 0 Å². The molecular weight excluding hydrogens is 667 g/mol. The summed E-state index contributed by atoms with van der Waals surface area (Å²) in [7, 11) is -8.62. The maximum atomic E-state index is 16.1. The van der Waals surface area contributed by atoms with Gasteiger partial charge in [-0.3, -0.25) is 0 Å². The summed E-state index contributed by atoms with van der Waals surface area (Å²) >= 11 is 8.49. The topological polar surface area (TPSA) is 242 Å². The van der Waals surface area contributed by atoms with E-state index in [2.05, 4.69) is 49.4 Å². The number of thiol groups is 2. The molecule has 7 heterocycles. The number of fused-ring (bicyclic) bond motifs is 5. The third kappa shape index (κ3) is 5.54. The van der Waals surface area contributed by atoms with Gasteiger partial charge in [-0.05, 0) is 0 Å². The number of nitrogens with zero attached hydrogens (tertiary/aromatic N) is 6. The second-order valence-electron chi connectivity index (χ2n) is 10.3. The van der Waals surface area contributed by atoms with Crippen LogP contribution in [-0.2, 0) is 27.6 Å². The SMILES string of the molecule is Nc1nc2c(ncn2[C@@H]2O[C@@H]3CO[PH](O)(S)O[C@H]4[C@H](F)[C@H](n5ccc6c(N)ncnc65)O[C@@H]4CO[PH](O)(S)O[C@@H]2C3)c(=O)[nH]1. The number of nitrogens with one attached hydrogen (secondary N) is 1. The summed E-state index contributed by atoms with van der Waals surface area (Å²) in [6.45, 7) is -0.707. The average Bonchev–Trinajstić information content (AvgIpc) is 3.72. The van der Waals surface area contributed by atoms with Crippen molar-refractivity contribution in [2.24, 2.45) is 0 Å². The average molecular weight is 696 g/mol. The maximum absolute atomic E-state index is 16.1. The second-order valence-corrected chi connectivity index (χ2v) is 17.0. The Bertz CT molecular complexity index is 1780. The molecule has 7 atom stereocenters. The number of anilines is 2. The number of hydrogen-bond acceptors (Lipinski definition) is 17. The zero-order valence-electron chi connectivity index (χ0n) is 22.3. The predicted molar refractivity (Wildman–Crippen MR) is 163 cm³/mol. The fourth-order valence-electron chi connectivity index (χ4n) is 5.53. The summed E-state index contributed by atoms with van der Waals surface area (Å²) in [5, 5.41) is 0.481. The van der Waals surface area contributed by atoms with E-state index in [-0.39, 0.29) is 36.0 Å². The van der Waals surface area contributed by atoms with Gasteiger partial charge in [-0.2, -0.15) is 0 Å². The molecule has 4 aromatic rings. The third-order valence-electron chi connectivity index (χ3n) is 7.44. The van der Waals surface area contributed by atoms with E-state index < -0.39 is 69.5 Å². The van der Waals surface area contributed by atoms with Crippen LogP contribution in [0.15, 0.2) is 29.7 Å². The zero-order valence-corrected chi connectivity index (χ0v) is 26.1. The van der Waals surface area contributed by atoms with Gasteiger partial charge in [0, 0.05) is 0 Å². The van der Waals surface area contributed by atoms with Crippen LogP contribution in [0.25, 0.3) is 22.2 Å². The first kappa shape index (κ1) is 30.4. The van der Waals surface area contributed by atoms with Gasteiger partial charge in [0.05, 0.1) is 0 Å². The van der Waals surface area contributed by atoms with Crippen molar-refractivity contribution in [3.8, 4) is 0 Å². The molecule has 0 unspecified atom stereocenters. The molecule has 0 aliphatic carbocycles. The molecule has 44 heavy (non-hydrogen) atoms. The Balaban J connectivity index is 1.18. The van der Waals surface area contributed by atoms with Crippen molar-refractivity contribution >= 4 is 72.8 Å². The van der Waals surface area contributed by atoms with E-state index in [1.165, 1.54) is 28.0 Å². The van der Waals surface area contributed by atoms with Gasteiger partial charge in [0.15, 0.2) is 0 Å². The van der Waals surface area contributed by atoms with Crippen LogP contribution in [0, 0.1) is 0 Å². The van der Waals surface area contributed by atoms with Crippen LogP contribution >= 0.6 is 38.8 Å². The van der Waals surface area contributed by atoms with Crippen LogP contribution in [-0.4, -0.2) is 87.6 Å². The third-order valence-corrected chi connectivity index (χ3v) is 11.1. The van der Waals surface area contributed by atoms with E-state index in [1.807, 2.05) is 0 Å². The molecule has 240 valence electrons. The quantitative estimate of drug-likeness (QED) is 0.113. The molecule has 23 heteroatoms. The summed E-state index contributed by atoms with van der Waals surface area (Å²) < 4.78 is 54.0. The number of imidazole rings is 1. The van der Waals surface area contributed by atoms with Crippen LogP contribution in [0.2, 0.25) is 0 Å². The first-order valence-electron chi connectivity index (χ1n) is 13.2. The van der Waals surface area contributed by atoms with Gasteiger partial charge >= 0.3 is 258 Å². The number of alkyl halides is 1.